The topological polar surface area (TPSA) is 104 Å². The third-order valence-electron chi connectivity index (χ3n) is 3.62. The highest BCUT2D eigenvalue weighted by atomic mass is 31.2. The zero-order valence-corrected chi connectivity index (χ0v) is 18.1. The highest BCUT2D eigenvalue weighted by molar-refractivity contribution is 7.70. The van der Waals surface area contributed by atoms with Gasteiger partial charge in [-0.15, -0.1) is 0 Å². The maximum absolute atomic E-state index is 11.5. The van der Waals surface area contributed by atoms with Gasteiger partial charge in [0.1, 0.15) is 0 Å². The molecule has 0 fully saturated rings. The first-order valence-electron chi connectivity index (χ1n) is 8.87. The van der Waals surface area contributed by atoms with Gasteiger partial charge in [0.05, 0.1) is 6.61 Å². The molecule has 0 radical (unpaired) electrons. The van der Waals surface area contributed by atoms with Gasteiger partial charge in [-0.1, -0.05) is 34.9 Å². The number of hydrogen-bond donors (Lipinski definition) is 3. The molecule has 1 atom stereocenters. The summed E-state index contributed by atoms with van der Waals surface area (Å²) in [6.07, 6.45) is 11.9. The monoisotopic (exact) mass is 408 g/mol. The molecule has 0 aromatic carbocycles. The Morgan fingerprint density at radius 2 is 1.35 bits per heavy atom. The molecule has 0 bridgehead atoms. The molecule has 0 saturated carbocycles. The summed E-state index contributed by atoms with van der Waals surface area (Å²) < 4.78 is 26.9. The highest BCUT2D eigenvalue weighted by Gasteiger charge is 2.30. The molecular formula is C18H34O6P2. The molecule has 0 amide bonds. The van der Waals surface area contributed by atoms with Crippen LogP contribution in [-0.4, -0.2) is 27.2 Å². The van der Waals surface area contributed by atoms with Gasteiger partial charge >= 0.3 is 15.2 Å². The van der Waals surface area contributed by atoms with Gasteiger partial charge in [0, 0.05) is 0 Å². The van der Waals surface area contributed by atoms with E-state index in [4.69, 9.17) is 14.3 Å². The van der Waals surface area contributed by atoms with E-state index in [0.717, 1.165) is 25.7 Å². The van der Waals surface area contributed by atoms with Crippen molar-refractivity contribution in [1.82, 2.24) is 0 Å². The largest absolute Gasteiger partial charge is 0.340 e. The van der Waals surface area contributed by atoms with Gasteiger partial charge in [-0.2, -0.15) is 0 Å². The van der Waals surface area contributed by atoms with Crippen LogP contribution >= 0.6 is 15.2 Å². The molecule has 3 N–H and O–H groups in total. The standard InChI is InChI=1S/C18H34O6P2/c1-16(2)9-7-11-18(4)13-8-12-17(3)10-5-6-14-24-26(22,23)15-25(19,20)21/h9-10,13H,5-8,11-12,14-15H2,1-4H3,(H,22,23)(H2,19,20,21)/b17-10+,18-13+. The second-order valence-corrected chi connectivity index (χ2v) is 10.9. The number of hydrogen-bond acceptors (Lipinski definition) is 3. The molecule has 0 rings (SSSR count). The molecule has 0 aliphatic carbocycles. The van der Waals surface area contributed by atoms with Crippen molar-refractivity contribution in [1.29, 1.82) is 0 Å². The summed E-state index contributed by atoms with van der Waals surface area (Å²) in [7, 11) is -8.77. The average molecular weight is 408 g/mol. The van der Waals surface area contributed by atoms with E-state index in [1.54, 1.807) is 0 Å². The Bertz CT molecular complexity index is 597. The summed E-state index contributed by atoms with van der Waals surface area (Å²) in [5, 5.41) is 0. The van der Waals surface area contributed by atoms with E-state index in [9.17, 15) is 14.0 Å². The van der Waals surface area contributed by atoms with E-state index in [2.05, 4.69) is 45.9 Å². The summed E-state index contributed by atoms with van der Waals surface area (Å²) in [5.74, 6) is -1.13. The van der Waals surface area contributed by atoms with Crippen LogP contribution in [0.2, 0.25) is 0 Å². The van der Waals surface area contributed by atoms with Crippen LogP contribution in [0.5, 0.6) is 0 Å². The molecule has 152 valence electrons. The second-order valence-electron chi connectivity index (χ2n) is 6.88. The molecule has 1 unspecified atom stereocenters. The Labute approximate surface area is 157 Å². The molecular weight excluding hydrogens is 374 g/mol. The van der Waals surface area contributed by atoms with Crippen LogP contribution in [0, 0.1) is 0 Å². The summed E-state index contributed by atoms with van der Waals surface area (Å²) in [6, 6.07) is 0. The molecule has 8 heteroatoms. The third-order valence-corrected chi connectivity index (χ3v) is 7.11. The number of rotatable bonds is 13. The fraction of sp³-hybridized carbons (Fsp3) is 0.667. The molecule has 6 nitrogen and oxygen atoms in total. The van der Waals surface area contributed by atoms with E-state index < -0.39 is 21.1 Å². The minimum Gasteiger partial charge on any atom is -0.324 e. The van der Waals surface area contributed by atoms with Crippen molar-refractivity contribution in [3.8, 4) is 0 Å². The van der Waals surface area contributed by atoms with Gasteiger partial charge in [0.2, 0.25) is 0 Å². The van der Waals surface area contributed by atoms with Gasteiger partial charge in [-0.05, 0) is 66.2 Å². The molecule has 26 heavy (non-hydrogen) atoms. The Balaban J connectivity index is 4.00. The number of unbranched alkanes of at least 4 members (excludes halogenated alkanes) is 1. The average Bonchev–Trinajstić information content (AvgIpc) is 2.43. The van der Waals surface area contributed by atoms with Gasteiger partial charge < -0.3 is 19.2 Å². The van der Waals surface area contributed by atoms with E-state index in [1.807, 2.05) is 0 Å². The van der Waals surface area contributed by atoms with E-state index in [1.165, 1.54) is 16.7 Å². The minimum atomic E-state index is -4.55. The second kappa shape index (κ2) is 12.8. The summed E-state index contributed by atoms with van der Waals surface area (Å²) in [4.78, 5) is 26.7. The molecule has 0 aliphatic heterocycles. The van der Waals surface area contributed by atoms with Crippen LogP contribution in [-0.2, 0) is 13.7 Å². The Morgan fingerprint density at radius 3 is 1.85 bits per heavy atom. The van der Waals surface area contributed by atoms with Gasteiger partial charge in [0.25, 0.3) is 0 Å². The molecule has 0 spiro atoms. The van der Waals surface area contributed by atoms with Crippen molar-refractivity contribution in [2.24, 2.45) is 0 Å². The predicted molar refractivity (Wildman–Crippen MR) is 107 cm³/mol. The summed E-state index contributed by atoms with van der Waals surface area (Å²) in [6.45, 7) is 8.42. The first-order chi connectivity index (χ1) is 11.9. The van der Waals surface area contributed by atoms with Crippen LogP contribution in [0.3, 0.4) is 0 Å². The van der Waals surface area contributed by atoms with Crippen molar-refractivity contribution in [3.05, 3.63) is 34.9 Å². The van der Waals surface area contributed by atoms with Crippen LogP contribution in [0.4, 0.5) is 0 Å². The van der Waals surface area contributed by atoms with Gasteiger partial charge in [-0.25, -0.2) is 0 Å². The Morgan fingerprint density at radius 1 is 0.846 bits per heavy atom. The predicted octanol–water partition coefficient (Wildman–Crippen LogP) is 5.52. The molecule has 0 heterocycles. The minimum absolute atomic E-state index is 0.000924. The maximum Gasteiger partial charge on any atom is 0.340 e. The molecule has 0 aromatic heterocycles. The van der Waals surface area contributed by atoms with Gasteiger partial charge in [0.15, 0.2) is 5.90 Å². The fourth-order valence-electron chi connectivity index (χ4n) is 2.25. The smallest absolute Gasteiger partial charge is 0.324 e. The third kappa shape index (κ3) is 17.0. The maximum atomic E-state index is 11.5. The Kier molecular flexibility index (Phi) is 12.6. The first-order valence-corrected chi connectivity index (χ1v) is 12.4. The summed E-state index contributed by atoms with van der Waals surface area (Å²) in [5.41, 5.74) is 3.99. The van der Waals surface area contributed by atoms with E-state index in [0.29, 0.717) is 12.8 Å². The zero-order chi connectivity index (χ0) is 20.2. The van der Waals surface area contributed by atoms with E-state index in [-0.39, 0.29) is 6.61 Å². The zero-order valence-electron chi connectivity index (χ0n) is 16.3. The van der Waals surface area contributed by atoms with Crippen molar-refractivity contribution in [2.45, 2.75) is 66.2 Å². The van der Waals surface area contributed by atoms with Crippen molar-refractivity contribution in [2.75, 3.05) is 12.5 Å². The quantitative estimate of drug-likeness (QED) is 0.210. The molecule has 0 aliphatic rings. The lowest BCUT2D eigenvalue weighted by molar-refractivity contribution is 0.257. The SMILES string of the molecule is CC(C)=CCC/C(C)=C/CC/C(C)=C/CCCOP(=O)(O)CP(=O)(O)O. The lowest BCUT2D eigenvalue weighted by Gasteiger charge is -2.12. The highest BCUT2D eigenvalue weighted by Crippen LogP contribution is 2.55. The van der Waals surface area contributed by atoms with Crippen LogP contribution < -0.4 is 0 Å². The normalized spacial score (nSPS) is 15.7. The lowest BCUT2D eigenvalue weighted by atomic mass is 10.1. The van der Waals surface area contributed by atoms with Crippen molar-refractivity contribution >= 4 is 15.2 Å². The van der Waals surface area contributed by atoms with E-state index >= 15 is 0 Å². The number of allylic oxidation sites excluding steroid dienone is 6. The molecule has 0 aromatic rings. The fourth-order valence-corrected chi connectivity index (χ4v) is 4.85. The van der Waals surface area contributed by atoms with Crippen molar-refractivity contribution in [3.63, 3.8) is 0 Å². The van der Waals surface area contributed by atoms with Gasteiger partial charge in [-0.3, -0.25) is 9.13 Å². The first kappa shape index (κ1) is 25.5. The van der Waals surface area contributed by atoms with Crippen LogP contribution in [0.15, 0.2) is 34.9 Å². The summed E-state index contributed by atoms with van der Waals surface area (Å²) >= 11 is 0. The Hall–Kier alpha value is -0.480. The lowest BCUT2D eigenvalue weighted by Crippen LogP contribution is -1.97. The van der Waals surface area contributed by atoms with Crippen LogP contribution in [0.1, 0.15) is 66.2 Å². The molecule has 0 saturated heterocycles. The van der Waals surface area contributed by atoms with Crippen LogP contribution in [0.25, 0.3) is 0 Å². The van der Waals surface area contributed by atoms with Crippen molar-refractivity contribution < 1.29 is 28.3 Å².